The van der Waals surface area contributed by atoms with Crippen molar-refractivity contribution in [2.45, 2.75) is 18.3 Å². The molecule has 1 saturated heterocycles. The number of phenolic OH excluding ortho intramolecular Hbond substituents is 1. The Bertz CT molecular complexity index is 320. The standard InChI is InChI=1S/C13H18O3/c1-15-10-13(6-8-16-9-7-13)11-2-4-12(14)5-3-11/h2-5,14H,6-10H2,1H3. The number of hydrogen-bond acceptors (Lipinski definition) is 3. The molecule has 0 amide bonds. The van der Waals surface area contributed by atoms with Crippen LogP contribution in [0.3, 0.4) is 0 Å². The molecule has 0 unspecified atom stereocenters. The topological polar surface area (TPSA) is 38.7 Å². The maximum atomic E-state index is 9.31. The molecule has 1 aromatic carbocycles. The summed E-state index contributed by atoms with van der Waals surface area (Å²) < 4.78 is 10.8. The van der Waals surface area contributed by atoms with Crippen LogP contribution in [0.2, 0.25) is 0 Å². The molecule has 88 valence electrons. The summed E-state index contributed by atoms with van der Waals surface area (Å²) in [6.07, 6.45) is 1.96. The van der Waals surface area contributed by atoms with E-state index in [0.717, 1.165) is 26.1 Å². The number of rotatable bonds is 3. The van der Waals surface area contributed by atoms with E-state index in [9.17, 15) is 5.11 Å². The normalized spacial score (nSPS) is 19.6. The second-order valence-corrected chi connectivity index (χ2v) is 4.37. The fourth-order valence-electron chi connectivity index (χ4n) is 2.37. The van der Waals surface area contributed by atoms with Crippen molar-refractivity contribution in [3.8, 4) is 5.75 Å². The largest absolute Gasteiger partial charge is 0.508 e. The van der Waals surface area contributed by atoms with Crippen LogP contribution in [0, 0.1) is 0 Å². The van der Waals surface area contributed by atoms with Gasteiger partial charge in [-0.1, -0.05) is 12.1 Å². The second kappa shape index (κ2) is 4.85. The lowest BCUT2D eigenvalue weighted by atomic mass is 9.75. The van der Waals surface area contributed by atoms with Crippen LogP contribution in [0.25, 0.3) is 0 Å². The highest BCUT2D eigenvalue weighted by Gasteiger charge is 2.34. The molecular weight excluding hydrogens is 204 g/mol. The summed E-state index contributed by atoms with van der Waals surface area (Å²) in [5.41, 5.74) is 1.29. The fraction of sp³-hybridized carbons (Fsp3) is 0.538. The molecule has 3 heteroatoms. The van der Waals surface area contributed by atoms with Crippen LogP contribution < -0.4 is 0 Å². The molecule has 1 fully saturated rings. The molecule has 0 aromatic heterocycles. The third-order valence-corrected chi connectivity index (χ3v) is 3.35. The SMILES string of the molecule is COCC1(c2ccc(O)cc2)CCOCC1. The molecule has 1 aliphatic heterocycles. The summed E-state index contributed by atoms with van der Waals surface area (Å²) in [5, 5.41) is 9.31. The van der Waals surface area contributed by atoms with Crippen LogP contribution in [-0.4, -0.2) is 32.0 Å². The molecule has 0 aliphatic carbocycles. The number of aromatic hydroxyl groups is 1. The first-order chi connectivity index (χ1) is 7.77. The first kappa shape index (κ1) is 11.4. The molecule has 0 saturated carbocycles. The molecule has 1 aliphatic rings. The van der Waals surface area contributed by atoms with Crippen molar-refractivity contribution in [2.24, 2.45) is 0 Å². The number of ether oxygens (including phenoxy) is 2. The van der Waals surface area contributed by atoms with Gasteiger partial charge in [-0.05, 0) is 30.5 Å². The summed E-state index contributed by atoms with van der Waals surface area (Å²) in [4.78, 5) is 0. The fourth-order valence-corrected chi connectivity index (χ4v) is 2.37. The summed E-state index contributed by atoms with van der Waals surface area (Å²) in [6.45, 7) is 2.27. The lowest BCUT2D eigenvalue weighted by molar-refractivity contribution is 0.0136. The Morgan fingerprint density at radius 1 is 1.25 bits per heavy atom. The third kappa shape index (κ3) is 2.20. The molecule has 0 atom stereocenters. The van der Waals surface area contributed by atoms with Gasteiger partial charge in [0.05, 0.1) is 6.61 Å². The lowest BCUT2D eigenvalue weighted by Gasteiger charge is -2.37. The zero-order valence-electron chi connectivity index (χ0n) is 9.61. The molecule has 0 radical (unpaired) electrons. The van der Waals surface area contributed by atoms with Crippen LogP contribution in [-0.2, 0) is 14.9 Å². The Labute approximate surface area is 96.0 Å². The van der Waals surface area contributed by atoms with Crippen molar-refractivity contribution in [3.63, 3.8) is 0 Å². The molecule has 1 N–H and O–H groups in total. The molecule has 1 heterocycles. The Hall–Kier alpha value is -1.06. The van der Waals surface area contributed by atoms with E-state index in [-0.39, 0.29) is 5.41 Å². The quantitative estimate of drug-likeness (QED) is 0.851. The first-order valence-electron chi connectivity index (χ1n) is 5.63. The second-order valence-electron chi connectivity index (χ2n) is 4.37. The van der Waals surface area contributed by atoms with Gasteiger partial charge in [0.25, 0.3) is 0 Å². The van der Waals surface area contributed by atoms with Crippen molar-refractivity contribution in [1.82, 2.24) is 0 Å². The molecule has 0 bridgehead atoms. The monoisotopic (exact) mass is 222 g/mol. The molecule has 0 spiro atoms. The number of phenols is 1. The van der Waals surface area contributed by atoms with Gasteiger partial charge in [-0.25, -0.2) is 0 Å². The minimum Gasteiger partial charge on any atom is -0.508 e. The zero-order chi connectivity index (χ0) is 11.4. The van der Waals surface area contributed by atoms with E-state index in [1.54, 1.807) is 19.2 Å². The van der Waals surface area contributed by atoms with Crippen LogP contribution in [0.15, 0.2) is 24.3 Å². The van der Waals surface area contributed by atoms with Crippen molar-refractivity contribution in [2.75, 3.05) is 26.9 Å². The summed E-state index contributed by atoms with van der Waals surface area (Å²) in [7, 11) is 1.73. The van der Waals surface area contributed by atoms with Crippen LogP contribution in [0.4, 0.5) is 0 Å². The maximum absolute atomic E-state index is 9.31. The van der Waals surface area contributed by atoms with Gasteiger partial charge in [-0.2, -0.15) is 0 Å². The molecule has 3 nitrogen and oxygen atoms in total. The Morgan fingerprint density at radius 2 is 1.88 bits per heavy atom. The van der Waals surface area contributed by atoms with Gasteiger partial charge < -0.3 is 14.6 Å². The Morgan fingerprint density at radius 3 is 2.44 bits per heavy atom. The van der Waals surface area contributed by atoms with Crippen molar-refractivity contribution >= 4 is 0 Å². The van der Waals surface area contributed by atoms with Gasteiger partial charge in [-0.3, -0.25) is 0 Å². The highest BCUT2D eigenvalue weighted by molar-refractivity contribution is 5.32. The van der Waals surface area contributed by atoms with E-state index in [1.807, 2.05) is 12.1 Å². The van der Waals surface area contributed by atoms with Gasteiger partial charge in [0.15, 0.2) is 0 Å². The summed E-state index contributed by atoms with van der Waals surface area (Å²) in [5.74, 6) is 0.309. The Kier molecular flexibility index (Phi) is 3.46. The number of hydrogen-bond donors (Lipinski definition) is 1. The van der Waals surface area contributed by atoms with E-state index in [1.165, 1.54) is 5.56 Å². The predicted octanol–water partition coefficient (Wildman–Crippen LogP) is 2.09. The molecule has 16 heavy (non-hydrogen) atoms. The Balaban J connectivity index is 2.26. The van der Waals surface area contributed by atoms with Gasteiger partial charge in [-0.15, -0.1) is 0 Å². The van der Waals surface area contributed by atoms with Gasteiger partial charge in [0.1, 0.15) is 5.75 Å². The molecule has 2 rings (SSSR count). The predicted molar refractivity (Wildman–Crippen MR) is 61.7 cm³/mol. The highest BCUT2D eigenvalue weighted by Crippen LogP contribution is 2.35. The van der Waals surface area contributed by atoms with Crippen LogP contribution >= 0.6 is 0 Å². The summed E-state index contributed by atoms with van der Waals surface area (Å²) in [6, 6.07) is 7.45. The zero-order valence-corrected chi connectivity index (χ0v) is 9.61. The van der Waals surface area contributed by atoms with Crippen molar-refractivity contribution < 1.29 is 14.6 Å². The third-order valence-electron chi connectivity index (χ3n) is 3.35. The average molecular weight is 222 g/mol. The molecule has 1 aromatic rings. The molecular formula is C13H18O3. The van der Waals surface area contributed by atoms with Crippen molar-refractivity contribution in [1.29, 1.82) is 0 Å². The summed E-state index contributed by atoms with van der Waals surface area (Å²) >= 11 is 0. The van der Waals surface area contributed by atoms with E-state index in [4.69, 9.17) is 9.47 Å². The minimum absolute atomic E-state index is 0.0562. The van der Waals surface area contributed by atoms with Crippen molar-refractivity contribution in [3.05, 3.63) is 29.8 Å². The van der Waals surface area contributed by atoms with E-state index in [0.29, 0.717) is 12.4 Å². The van der Waals surface area contributed by atoms with Gasteiger partial charge in [0.2, 0.25) is 0 Å². The number of methoxy groups -OCH3 is 1. The smallest absolute Gasteiger partial charge is 0.115 e. The van der Waals surface area contributed by atoms with Gasteiger partial charge in [0, 0.05) is 25.7 Å². The first-order valence-corrected chi connectivity index (χ1v) is 5.63. The minimum atomic E-state index is 0.0562. The van der Waals surface area contributed by atoms with Crippen LogP contribution in [0.5, 0.6) is 5.75 Å². The van der Waals surface area contributed by atoms with Crippen LogP contribution in [0.1, 0.15) is 18.4 Å². The van der Waals surface area contributed by atoms with Gasteiger partial charge >= 0.3 is 0 Å². The van der Waals surface area contributed by atoms with E-state index in [2.05, 4.69) is 0 Å². The number of benzene rings is 1. The highest BCUT2D eigenvalue weighted by atomic mass is 16.5. The lowest BCUT2D eigenvalue weighted by Crippen LogP contribution is -2.37. The van der Waals surface area contributed by atoms with E-state index < -0.39 is 0 Å². The maximum Gasteiger partial charge on any atom is 0.115 e. The van der Waals surface area contributed by atoms with E-state index >= 15 is 0 Å². The average Bonchev–Trinajstić information content (AvgIpc) is 2.31.